The monoisotopic (exact) mass is 307 g/mol. The highest BCUT2D eigenvalue weighted by atomic mass is 32.1. The van der Waals surface area contributed by atoms with E-state index >= 15 is 0 Å². The smallest absolute Gasteiger partial charge is 0.317 e. The van der Waals surface area contributed by atoms with Crippen LogP contribution in [0.3, 0.4) is 0 Å². The average molecular weight is 307 g/mol. The van der Waals surface area contributed by atoms with Crippen LogP contribution in [0, 0.1) is 11.8 Å². The predicted octanol–water partition coefficient (Wildman–Crippen LogP) is 3.25. The number of carbonyl (C=O) groups is 1. The summed E-state index contributed by atoms with van der Waals surface area (Å²) in [7, 11) is 0. The molecule has 0 unspecified atom stereocenters. The molecule has 0 bridgehead atoms. The van der Waals surface area contributed by atoms with Gasteiger partial charge >= 0.3 is 6.03 Å². The van der Waals surface area contributed by atoms with Gasteiger partial charge in [-0.25, -0.2) is 9.78 Å². The van der Waals surface area contributed by atoms with Crippen LogP contribution in [0.2, 0.25) is 0 Å². The topological polar surface area (TPSA) is 45.2 Å². The number of hydrogen-bond donors (Lipinski definition) is 1. The van der Waals surface area contributed by atoms with Crippen molar-refractivity contribution in [2.45, 2.75) is 45.4 Å². The van der Waals surface area contributed by atoms with Gasteiger partial charge in [-0.1, -0.05) is 20.3 Å². The van der Waals surface area contributed by atoms with Gasteiger partial charge in [-0.2, -0.15) is 0 Å². The Balaban J connectivity index is 1.41. The zero-order valence-electron chi connectivity index (χ0n) is 13.0. The summed E-state index contributed by atoms with van der Waals surface area (Å²) in [6.45, 7) is 6.94. The summed E-state index contributed by atoms with van der Waals surface area (Å²) in [5.41, 5.74) is 1.10. The number of urea groups is 1. The molecular weight excluding hydrogens is 282 g/mol. The molecule has 4 nitrogen and oxygen atoms in total. The van der Waals surface area contributed by atoms with E-state index in [-0.39, 0.29) is 6.03 Å². The van der Waals surface area contributed by atoms with E-state index in [1.165, 1.54) is 24.3 Å². The van der Waals surface area contributed by atoms with Crippen LogP contribution >= 0.6 is 11.3 Å². The first-order chi connectivity index (χ1) is 10.1. The van der Waals surface area contributed by atoms with Crippen molar-refractivity contribution in [1.82, 2.24) is 15.2 Å². The number of nitrogens with one attached hydrogen (secondary N) is 1. The van der Waals surface area contributed by atoms with Crippen LogP contribution in [0.15, 0.2) is 5.38 Å². The van der Waals surface area contributed by atoms with Crippen molar-refractivity contribution >= 4 is 17.4 Å². The molecule has 1 saturated carbocycles. The molecule has 116 valence electrons. The summed E-state index contributed by atoms with van der Waals surface area (Å²) in [5.74, 6) is 2.02. The minimum Gasteiger partial charge on any atom is -0.338 e. The number of hydrogen-bond acceptors (Lipinski definition) is 3. The van der Waals surface area contributed by atoms with Gasteiger partial charge in [0.25, 0.3) is 0 Å². The van der Waals surface area contributed by atoms with Crippen molar-refractivity contribution in [1.29, 1.82) is 0 Å². The van der Waals surface area contributed by atoms with E-state index in [1.54, 1.807) is 11.3 Å². The van der Waals surface area contributed by atoms with Crippen molar-refractivity contribution in [3.8, 4) is 0 Å². The van der Waals surface area contributed by atoms with Crippen molar-refractivity contribution in [3.63, 3.8) is 0 Å². The summed E-state index contributed by atoms with van der Waals surface area (Å²) in [5, 5.41) is 6.35. The molecule has 2 aliphatic rings. The molecule has 1 saturated heterocycles. The lowest BCUT2D eigenvalue weighted by atomic mass is 10.0. The number of fused-ring (bicyclic) bond motifs is 1. The Morgan fingerprint density at radius 1 is 1.43 bits per heavy atom. The second-order valence-electron chi connectivity index (χ2n) is 6.67. The van der Waals surface area contributed by atoms with Gasteiger partial charge in [-0.15, -0.1) is 11.3 Å². The molecule has 0 aromatic carbocycles. The van der Waals surface area contributed by atoms with E-state index in [9.17, 15) is 4.79 Å². The Morgan fingerprint density at radius 2 is 2.14 bits per heavy atom. The zero-order valence-corrected chi connectivity index (χ0v) is 13.8. The number of amides is 2. The average Bonchev–Trinajstić information content (AvgIpc) is 3.13. The molecule has 5 heteroatoms. The minimum atomic E-state index is 0.115. The molecule has 1 aliphatic carbocycles. The highest BCUT2D eigenvalue weighted by Crippen LogP contribution is 2.37. The van der Waals surface area contributed by atoms with E-state index in [4.69, 9.17) is 0 Å². The normalized spacial score (nSPS) is 24.6. The molecule has 1 N–H and O–H groups in total. The van der Waals surface area contributed by atoms with Gasteiger partial charge < -0.3 is 10.2 Å². The molecule has 1 aromatic heterocycles. The fourth-order valence-electron chi connectivity index (χ4n) is 3.51. The Hall–Kier alpha value is -1.10. The van der Waals surface area contributed by atoms with Crippen LogP contribution in [-0.4, -0.2) is 35.5 Å². The molecule has 2 atom stereocenters. The van der Waals surface area contributed by atoms with Crippen molar-refractivity contribution in [2.75, 3.05) is 19.6 Å². The summed E-state index contributed by atoms with van der Waals surface area (Å²) in [6, 6.07) is 0.115. The van der Waals surface area contributed by atoms with Gasteiger partial charge in [-0.3, -0.25) is 0 Å². The third-order valence-corrected chi connectivity index (χ3v) is 5.93. The fourth-order valence-corrected chi connectivity index (χ4v) is 4.38. The minimum absolute atomic E-state index is 0.115. The molecule has 2 fully saturated rings. The standard InChI is InChI=1S/C16H25N3OS/c1-11(2)15-18-14(10-21-15)6-7-17-16(20)19-8-12-4-3-5-13(12)9-19/h10-13H,3-9H2,1-2H3,(H,17,20)/t12-,13-/m1/s1. The lowest BCUT2D eigenvalue weighted by Gasteiger charge is -2.17. The van der Waals surface area contributed by atoms with E-state index in [2.05, 4.69) is 29.5 Å². The first kappa shape index (κ1) is 14.8. The summed E-state index contributed by atoms with van der Waals surface area (Å²) >= 11 is 1.72. The molecule has 2 heterocycles. The quantitative estimate of drug-likeness (QED) is 0.928. The van der Waals surface area contributed by atoms with Crippen molar-refractivity contribution < 1.29 is 4.79 Å². The highest BCUT2D eigenvalue weighted by molar-refractivity contribution is 7.09. The number of aromatic nitrogens is 1. The molecule has 3 rings (SSSR count). The van der Waals surface area contributed by atoms with Gasteiger partial charge in [0.05, 0.1) is 10.7 Å². The maximum Gasteiger partial charge on any atom is 0.317 e. The van der Waals surface area contributed by atoms with E-state index in [0.717, 1.165) is 37.0 Å². The zero-order chi connectivity index (χ0) is 14.8. The number of rotatable bonds is 4. The van der Waals surface area contributed by atoms with Crippen LogP contribution in [0.4, 0.5) is 4.79 Å². The van der Waals surface area contributed by atoms with Gasteiger partial charge in [0.1, 0.15) is 0 Å². The maximum absolute atomic E-state index is 12.2. The third-order valence-electron chi connectivity index (χ3n) is 4.73. The van der Waals surface area contributed by atoms with E-state index in [0.29, 0.717) is 12.5 Å². The Morgan fingerprint density at radius 3 is 2.76 bits per heavy atom. The van der Waals surface area contributed by atoms with Crippen LogP contribution in [0.25, 0.3) is 0 Å². The number of likely N-dealkylation sites (tertiary alicyclic amines) is 1. The first-order valence-corrected chi connectivity index (χ1v) is 8.98. The van der Waals surface area contributed by atoms with Crippen molar-refractivity contribution in [3.05, 3.63) is 16.1 Å². The van der Waals surface area contributed by atoms with Gasteiger partial charge in [0, 0.05) is 37.4 Å². The predicted molar refractivity (Wildman–Crippen MR) is 85.7 cm³/mol. The second kappa shape index (κ2) is 6.34. The Kier molecular flexibility index (Phi) is 4.48. The van der Waals surface area contributed by atoms with E-state index < -0.39 is 0 Å². The lowest BCUT2D eigenvalue weighted by molar-refractivity contribution is 0.205. The van der Waals surface area contributed by atoms with Crippen LogP contribution in [0.5, 0.6) is 0 Å². The number of carbonyl (C=O) groups excluding carboxylic acids is 1. The molecule has 1 aromatic rings. The van der Waals surface area contributed by atoms with Gasteiger partial charge in [-0.05, 0) is 24.7 Å². The van der Waals surface area contributed by atoms with Crippen LogP contribution < -0.4 is 5.32 Å². The largest absolute Gasteiger partial charge is 0.338 e. The van der Waals surface area contributed by atoms with Crippen LogP contribution in [-0.2, 0) is 6.42 Å². The molecular formula is C16H25N3OS. The SMILES string of the molecule is CC(C)c1nc(CCNC(=O)N2C[C@H]3CCC[C@@H]3C2)cs1. The number of thiazole rings is 1. The molecule has 0 spiro atoms. The number of nitrogens with zero attached hydrogens (tertiary/aromatic N) is 2. The molecule has 21 heavy (non-hydrogen) atoms. The maximum atomic E-state index is 12.2. The summed E-state index contributed by atoms with van der Waals surface area (Å²) in [6.07, 6.45) is 4.80. The van der Waals surface area contributed by atoms with Crippen LogP contribution in [0.1, 0.15) is 49.7 Å². The summed E-state index contributed by atoms with van der Waals surface area (Å²) in [4.78, 5) is 18.8. The van der Waals surface area contributed by atoms with E-state index in [1.807, 2.05) is 4.90 Å². The second-order valence-corrected chi connectivity index (χ2v) is 7.56. The Labute approximate surface area is 130 Å². The van der Waals surface area contributed by atoms with Gasteiger partial charge in [0.2, 0.25) is 0 Å². The first-order valence-electron chi connectivity index (χ1n) is 8.10. The molecule has 0 radical (unpaired) electrons. The lowest BCUT2D eigenvalue weighted by Crippen LogP contribution is -2.39. The summed E-state index contributed by atoms with van der Waals surface area (Å²) < 4.78 is 0. The van der Waals surface area contributed by atoms with Crippen molar-refractivity contribution in [2.24, 2.45) is 11.8 Å². The van der Waals surface area contributed by atoms with Gasteiger partial charge in [0.15, 0.2) is 0 Å². The fraction of sp³-hybridized carbons (Fsp3) is 0.750. The molecule has 1 aliphatic heterocycles. The third kappa shape index (κ3) is 3.39. The highest BCUT2D eigenvalue weighted by Gasteiger charge is 2.37. The molecule has 2 amide bonds. The Bertz CT molecular complexity index is 487.